The van der Waals surface area contributed by atoms with Crippen LogP contribution < -0.4 is 0 Å². The van der Waals surface area contributed by atoms with Gasteiger partial charge < -0.3 is 4.90 Å². The molecule has 0 fully saturated rings. The van der Waals surface area contributed by atoms with E-state index in [4.69, 9.17) is 10.7 Å². The number of hydrogen-bond donors (Lipinski definition) is 0. The minimum Gasteiger partial charge on any atom is -0.341 e. The maximum absolute atomic E-state index is 14.1. The molecule has 1 aromatic carbocycles. The lowest BCUT2D eigenvalue weighted by atomic mass is 9.96. The summed E-state index contributed by atoms with van der Waals surface area (Å²) in [7, 11) is 2.04. The SMILES string of the molecule is CN(CC(C)(C)C)C(=O)c1c(F)ccc(S(=O)(=O)Cl)c1F. The number of nitrogens with zero attached hydrogens (tertiary/aromatic N) is 1. The van der Waals surface area contributed by atoms with Crippen LogP contribution in [0, 0.1) is 17.0 Å². The Kier molecular flexibility index (Phi) is 5.00. The van der Waals surface area contributed by atoms with Gasteiger partial charge in [-0.2, -0.15) is 0 Å². The van der Waals surface area contributed by atoms with Crippen LogP contribution in [0.1, 0.15) is 31.1 Å². The molecule has 0 aromatic heterocycles. The molecule has 0 aliphatic carbocycles. The van der Waals surface area contributed by atoms with Crippen LogP contribution >= 0.6 is 10.7 Å². The molecule has 8 heteroatoms. The fraction of sp³-hybridized carbons (Fsp3) is 0.462. The van der Waals surface area contributed by atoms with Crippen LogP contribution in [-0.4, -0.2) is 32.8 Å². The zero-order valence-corrected chi connectivity index (χ0v) is 13.6. The molecule has 0 bridgehead atoms. The first-order valence-electron chi connectivity index (χ1n) is 6.03. The van der Waals surface area contributed by atoms with Crippen molar-refractivity contribution in [3.05, 3.63) is 29.3 Å². The van der Waals surface area contributed by atoms with E-state index in [1.165, 1.54) is 7.05 Å². The van der Waals surface area contributed by atoms with Crippen LogP contribution in [-0.2, 0) is 9.05 Å². The Balaban J connectivity index is 3.34. The summed E-state index contributed by atoms with van der Waals surface area (Å²) in [5, 5.41) is 0. The molecule has 1 amide bonds. The van der Waals surface area contributed by atoms with Crippen molar-refractivity contribution in [2.75, 3.05) is 13.6 Å². The van der Waals surface area contributed by atoms with Gasteiger partial charge in [-0.1, -0.05) is 20.8 Å². The van der Waals surface area contributed by atoms with E-state index in [-0.39, 0.29) is 12.0 Å². The molecule has 0 atom stereocenters. The summed E-state index contributed by atoms with van der Waals surface area (Å²) in [4.78, 5) is 12.4. The van der Waals surface area contributed by atoms with E-state index in [0.29, 0.717) is 12.1 Å². The average molecular weight is 340 g/mol. The quantitative estimate of drug-likeness (QED) is 0.795. The topological polar surface area (TPSA) is 54.5 Å². The summed E-state index contributed by atoms with van der Waals surface area (Å²) in [5.74, 6) is -3.56. The van der Waals surface area contributed by atoms with Crippen LogP contribution in [0.15, 0.2) is 17.0 Å². The second-order valence-corrected chi connectivity index (χ2v) is 8.43. The number of hydrogen-bond acceptors (Lipinski definition) is 3. The summed E-state index contributed by atoms with van der Waals surface area (Å²) in [6.07, 6.45) is 0. The maximum atomic E-state index is 14.1. The van der Waals surface area contributed by atoms with E-state index in [1.807, 2.05) is 20.8 Å². The van der Waals surface area contributed by atoms with E-state index in [1.54, 1.807) is 0 Å². The van der Waals surface area contributed by atoms with Gasteiger partial charge in [0, 0.05) is 24.3 Å². The molecule has 1 rings (SSSR count). The summed E-state index contributed by atoms with van der Waals surface area (Å²) < 4.78 is 50.3. The third-order valence-electron chi connectivity index (χ3n) is 2.59. The molecule has 0 radical (unpaired) electrons. The highest BCUT2D eigenvalue weighted by Crippen LogP contribution is 2.25. The van der Waals surface area contributed by atoms with Crippen LogP contribution in [0.25, 0.3) is 0 Å². The summed E-state index contributed by atoms with van der Waals surface area (Å²) in [5.41, 5.74) is -1.21. The Labute approximate surface area is 127 Å². The van der Waals surface area contributed by atoms with Gasteiger partial charge in [-0.05, 0) is 17.5 Å². The van der Waals surface area contributed by atoms with E-state index >= 15 is 0 Å². The maximum Gasteiger partial charge on any atom is 0.264 e. The number of benzene rings is 1. The lowest BCUT2D eigenvalue weighted by molar-refractivity contribution is 0.0735. The molecule has 4 nitrogen and oxygen atoms in total. The molecule has 0 aliphatic heterocycles. The molecule has 0 heterocycles. The van der Waals surface area contributed by atoms with Gasteiger partial charge >= 0.3 is 0 Å². The fourth-order valence-corrected chi connectivity index (χ4v) is 2.80. The summed E-state index contributed by atoms with van der Waals surface area (Å²) in [6, 6.07) is 1.39. The molecule has 0 unspecified atom stereocenters. The minimum absolute atomic E-state index is 0.239. The Morgan fingerprint density at radius 1 is 1.29 bits per heavy atom. The zero-order valence-electron chi connectivity index (χ0n) is 12.1. The van der Waals surface area contributed by atoms with Gasteiger partial charge in [-0.15, -0.1) is 0 Å². The first-order chi connectivity index (χ1) is 9.34. The van der Waals surface area contributed by atoms with Crippen LogP contribution in [0.5, 0.6) is 0 Å². The van der Waals surface area contributed by atoms with Gasteiger partial charge in [0.1, 0.15) is 16.3 Å². The van der Waals surface area contributed by atoms with Gasteiger partial charge in [0.2, 0.25) is 0 Å². The Hall–Kier alpha value is -1.21. The molecule has 1 aromatic rings. The minimum atomic E-state index is -4.41. The number of halogens is 3. The molecular weight excluding hydrogens is 324 g/mol. The van der Waals surface area contributed by atoms with Crippen LogP contribution in [0.2, 0.25) is 0 Å². The summed E-state index contributed by atoms with van der Waals surface area (Å²) in [6.45, 7) is 5.79. The molecular formula is C13H16ClF2NO3S. The Morgan fingerprint density at radius 2 is 1.81 bits per heavy atom. The Bertz CT molecular complexity index is 669. The van der Waals surface area contributed by atoms with E-state index in [9.17, 15) is 22.0 Å². The normalized spacial score (nSPS) is 12.3. The van der Waals surface area contributed by atoms with Gasteiger partial charge in [-0.3, -0.25) is 4.79 Å². The molecule has 21 heavy (non-hydrogen) atoms. The first kappa shape index (κ1) is 17.8. The number of carbonyl (C=O) groups excluding carboxylic acids is 1. The average Bonchev–Trinajstić information content (AvgIpc) is 2.24. The van der Waals surface area contributed by atoms with Crippen LogP contribution in [0.3, 0.4) is 0 Å². The predicted molar refractivity (Wildman–Crippen MR) is 75.8 cm³/mol. The van der Waals surface area contributed by atoms with Crippen LogP contribution in [0.4, 0.5) is 8.78 Å². The highest BCUT2D eigenvalue weighted by atomic mass is 35.7. The molecule has 0 saturated carbocycles. The fourth-order valence-electron chi connectivity index (χ4n) is 1.89. The largest absolute Gasteiger partial charge is 0.341 e. The smallest absolute Gasteiger partial charge is 0.264 e. The standard InChI is InChI=1S/C13H16ClF2NO3S/c1-13(2,3)7-17(4)12(18)10-8(15)5-6-9(11(10)16)21(14,19)20/h5-6H,7H2,1-4H3. The van der Waals surface area contributed by atoms with Crippen molar-refractivity contribution in [3.63, 3.8) is 0 Å². The van der Waals surface area contributed by atoms with Crippen molar-refractivity contribution in [3.8, 4) is 0 Å². The monoisotopic (exact) mass is 339 g/mol. The third-order valence-corrected chi connectivity index (χ3v) is 3.93. The van der Waals surface area contributed by atoms with Gasteiger partial charge in [0.05, 0.1) is 0 Å². The second-order valence-electron chi connectivity index (χ2n) is 5.89. The van der Waals surface area contributed by atoms with E-state index in [0.717, 1.165) is 4.90 Å². The lowest BCUT2D eigenvalue weighted by Gasteiger charge is -2.27. The van der Waals surface area contributed by atoms with Crippen molar-refractivity contribution in [1.82, 2.24) is 4.90 Å². The van der Waals surface area contributed by atoms with E-state index in [2.05, 4.69) is 0 Å². The molecule has 118 valence electrons. The number of rotatable bonds is 3. The summed E-state index contributed by atoms with van der Waals surface area (Å²) >= 11 is 0. The van der Waals surface area contributed by atoms with Crippen molar-refractivity contribution in [1.29, 1.82) is 0 Å². The van der Waals surface area contributed by atoms with Gasteiger partial charge in [0.25, 0.3) is 15.0 Å². The highest BCUT2D eigenvalue weighted by molar-refractivity contribution is 8.13. The second kappa shape index (κ2) is 5.88. The third kappa shape index (κ3) is 4.38. The van der Waals surface area contributed by atoms with Crippen molar-refractivity contribution >= 4 is 25.6 Å². The highest BCUT2D eigenvalue weighted by Gasteiger charge is 2.29. The molecule has 0 N–H and O–H groups in total. The lowest BCUT2D eigenvalue weighted by Crippen LogP contribution is -2.35. The Morgan fingerprint density at radius 3 is 2.24 bits per heavy atom. The number of carbonyl (C=O) groups is 1. The predicted octanol–water partition coefficient (Wildman–Crippen LogP) is 3.01. The first-order valence-corrected chi connectivity index (χ1v) is 8.33. The van der Waals surface area contributed by atoms with E-state index < -0.39 is 37.1 Å². The van der Waals surface area contributed by atoms with Gasteiger partial charge in [-0.25, -0.2) is 17.2 Å². The molecule has 0 saturated heterocycles. The van der Waals surface area contributed by atoms with Gasteiger partial charge in [0.15, 0.2) is 5.82 Å². The number of amides is 1. The zero-order chi connectivity index (χ0) is 16.6. The molecule has 0 spiro atoms. The molecule has 0 aliphatic rings. The van der Waals surface area contributed by atoms with Crippen molar-refractivity contribution in [2.24, 2.45) is 5.41 Å². The van der Waals surface area contributed by atoms with Crippen molar-refractivity contribution in [2.45, 2.75) is 25.7 Å². The van der Waals surface area contributed by atoms with Crippen molar-refractivity contribution < 1.29 is 22.0 Å².